The number of hydrogen-bond acceptors (Lipinski definition) is 3. The van der Waals surface area contributed by atoms with Crippen molar-refractivity contribution in [2.24, 2.45) is 11.8 Å². The lowest BCUT2D eigenvalue weighted by molar-refractivity contribution is -0.120. The van der Waals surface area contributed by atoms with E-state index in [2.05, 4.69) is 22.5 Å². The zero-order valence-electron chi connectivity index (χ0n) is 13.1. The minimum absolute atomic E-state index is 0. The fourth-order valence-corrected chi connectivity index (χ4v) is 2.71. The van der Waals surface area contributed by atoms with Gasteiger partial charge in [-0.25, -0.2) is 0 Å². The molecule has 1 heterocycles. The average Bonchev–Trinajstić information content (AvgIpc) is 3.22. The van der Waals surface area contributed by atoms with Gasteiger partial charge in [-0.2, -0.15) is 0 Å². The summed E-state index contributed by atoms with van der Waals surface area (Å²) in [6, 6.07) is 0. The Kier molecular flexibility index (Phi) is 11.5. The maximum Gasteiger partial charge on any atom is 0.233 e. The van der Waals surface area contributed by atoms with Gasteiger partial charge in [-0.05, 0) is 57.2 Å². The largest absolute Gasteiger partial charge is 0.355 e. The van der Waals surface area contributed by atoms with Gasteiger partial charge in [0.2, 0.25) is 5.91 Å². The summed E-state index contributed by atoms with van der Waals surface area (Å²) in [5, 5.41) is 6.27. The molecule has 1 unspecified atom stereocenters. The Bertz CT molecular complexity index is 282. The molecule has 1 aliphatic carbocycles. The molecular weight excluding hydrogens is 309 g/mol. The lowest BCUT2D eigenvalue weighted by Crippen LogP contribution is -2.40. The molecule has 0 spiro atoms. The highest BCUT2D eigenvalue weighted by Crippen LogP contribution is 2.27. The SMILES string of the molecule is CC(CNC(=O)CNCC1CC1)CN1CCCCC1.Cl.Cl. The Morgan fingerprint density at radius 3 is 2.48 bits per heavy atom. The summed E-state index contributed by atoms with van der Waals surface area (Å²) in [4.78, 5) is 14.2. The third-order valence-electron chi connectivity index (χ3n) is 4.08. The Hall–Kier alpha value is -0.0300. The summed E-state index contributed by atoms with van der Waals surface area (Å²) >= 11 is 0. The molecule has 1 amide bonds. The van der Waals surface area contributed by atoms with E-state index in [0.717, 1.165) is 25.6 Å². The van der Waals surface area contributed by atoms with E-state index in [-0.39, 0.29) is 30.7 Å². The van der Waals surface area contributed by atoms with Crippen LogP contribution in [0.4, 0.5) is 0 Å². The molecule has 1 saturated carbocycles. The highest BCUT2D eigenvalue weighted by Gasteiger charge is 2.20. The minimum atomic E-state index is 0. The van der Waals surface area contributed by atoms with Crippen molar-refractivity contribution >= 4 is 30.7 Å². The van der Waals surface area contributed by atoms with Gasteiger partial charge in [-0.3, -0.25) is 4.79 Å². The van der Waals surface area contributed by atoms with Crippen LogP contribution < -0.4 is 10.6 Å². The molecule has 1 aliphatic heterocycles. The first-order valence-electron chi connectivity index (χ1n) is 7.94. The smallest absolute Gasteiger partial charge is 0.233 e. The van der Waals surface area contributed by atoms with Gasteiger partial charge in [0.15, 0.2) is 0 Å². The van der Waals surface area contributed by atoms with Crippen LogP contribution in [0.25, 0.3) is 0 Å². The van der Waals surface area contributed by atoms with E-state index >= 15 is 0 Å². The number of nitrogens with zero attached hydrogens (tertiary/aromatic N) is 1. The van der Waals surface area contributed by atoms with E-state index in [1.807, 2.05) is 0 Å². The van der Waals surface area contributed by atoms with Crippen molar-refractivity contribution in [3.8, 4) is 0 Å². The van der Waals surface area contributed by atoms with Crippen molar-refractivity contribution in [1.29, 1.82) is 0 Å². The van der Waals surface area contributed by atoms with Crippen LogP contribution in [0.3, 0.4) is 0 Å². The van der Waals surface area contributed by atoms with Crippen LogP contribution in [-0.2, 0) is 4.79 Å². The monoisotopic (exact) mass is 339 g/mol. The molecule has 0 aromatic heterocycles. The molecule has 6 heteroatoms. The normalized spacial score (nSPS) is 20.0. The van der Waals surface area contributed by atoms with Crippen molar-refractivity contribution in [3.63, 3.8) is 0 Å². The summed E-state index contributed by atoms with van der Waals surface area (Å²) in [5.74, 6) is 1.53. The molecule has 4 nitrogen and oxygen atoms in total. The number of rotatable bonds is 8. The quantitative estimate of drug-likeness (QED) is 0.711. The molecule has 126 valence electrons. The lowest BCUT2D eigenvalue weighted by Gasteiger charge is -2.29. The van der Waals surface area contributed by atoms with Crippen LogP contribution in [0, 0.1) is 11.8 Å². The van der Waals surface area contributed by atoms with E-state index in [0.29, 0.717) is 12.5 Å². The lowest BCUT2D eigenvalue weighted by atomic mass is 10.1. The van der Waals surface area contributed by atoms with E-state index in [1.54, 1.807) is 0 Å². The number of amides is 1. The Balaban J connectivity index is 0.00000200. The summed E-state index contributed by atoms with van der Waals surface area (Å²) in [6.45, 7) is 8.12. The number of hydrogen-bond donors (Lipinski definition) is 2. The fourth-order valence-electron chi connectivity index (χ4n) is 2.71. The van der Waals surface area contributed by atoms with Crippen molar-refractivity contribution in [3.05, 3.63) is 0 Å². The Morgan fingerprint density at radius 1 is 1.19 bits per heavy atom. The number of likely N-dealkylation sites (tertiary alicyclic amines) is 1. The second kappa shape index (κ2) is 11.5. The predicted molar refractivity (Wildman–Crippen MR) is 92.6 cm³/mol. The molecule has 2 N–H and O–H groups in total. The van der Waals surface area contributed by atoms with Crippen LogP contribution in [0.1, 0.15) is 39.0 Å². The van der Waals surface area contributed by atoms with E-state index in [9.17, 15) is 4.79 Å². The first-order valence-corrected chi connectivity index (χ1v) is 7.94. The van der Waals surface area contributed by atoms with Crippen molar-refractivity contribution in [1.82, 2.24) is 15.5 Å². The molecule has 0 radical (unpaired) electrons. The minimum Gasteiger partial charge on any atom is -0.355 e. The zero-order valence-corrected chi connectivity index (χ0v) is 14.7. The molecular formula is C15H31Cl2N3O. The maximum absolute atomic E-state index is 11.7. The molecule has 2 rings (SSSR count). The van der Waals surface area contributed by atoms with Gasteiger partial charge < -0.3 is 15.5 Å². The van der Waals surface area contributed by atoms with Gasteiger partial charge >= 0.3 is 0 Å². The molecule has 2 aliphatic rings. The third kappa shape index (κ3) is 9.56. The van der Waals surface area contributed by atoms with Crippen molar-refractivity contribution < 1.29 is 4.79 Å². The number of halogens is 2. The highest BCUT2D eigenvalue weighted by molar-refractivity contribution is 5.85. The molecule has 2 fully saturated rings. The van der Waals surface area contributed by atoms with Gasteiger partial charge in [0.05, 0.1) is 6.54 Å². The highest BCUT2D eigenvalue weighted by atomic mass is 35.5. The number of carbonyl (C=O) groups is 1. The van der Waals surface area contributed by atoms with Crippen LogP contribution in [0.2, 0.25) is 0 Å². The Morgan fingerprint density at radius 2 is 1.86 bits per heavy atom. The van der Waals surface area contributed by atoms with Gasteiger partial charge in [0, 0.05) is 13.1 Å². The fraction of sp³-hybridized carbons (Fsp3) is 0.933. The van der Waals surface area contributed by atoms with Crippen molar-refractivity contribution in [2.45, 2.75) is 39.0 Å². The second-order valence-corrected chi connectivity index (χ2v) is 6.34. The summed E-state index contributed by atoms with van der Waals surface area (Å²) in [7, 11) is 0. The predicted octanol–water partition coefficient (Wildman–Crippen LogP) is 2.07. The van der Waals surface area contributed by atoms with Gasteiger partial charge in [0.1, 0.15) is 0 Å². The van der Waals surface area contributed by atoms with Gasteiger partial charge in [-0.1, -0.05) is 13.3 Å². The van der Waals surface area contributed by atoms with E-state index in [1.165, 1.54) is 45.2 Å². The average molecular weight is 340 g/mol. The second-order valence-electron chi connectivity index (χ2n) is 6.34. The topological polar surface area (TPSA) is 44.4 Å². The molecule has 0 aromatic carbocycles. The van der Waals surface area contributed by atoms with Gasteiger partial charge in [-0.15, -0.1) is 24.8 Å². The molecule has 1 atom stereocenters. The maximum atomic E-state index is 11.7. The third-order valence-corrected chi connectivity index (χ3v) is 4.08. The molecule has 21 heavy (non-hydrogen) atoms. The number of piperidine rings is 1. The standard InChI is InChI=1S/C15H29N3O.2ClH/c1-13(12-18-7-3-2-4-8-18)9-17-15(19)11-16-10-14-5-6-14;;/h13-14,16H,2-12H2,1H3,(H,17,19);2*1H. The Labute approximate surface area is 141 Å². The van der Waals surface area contributed by atoms with E-state index < -0.39 is 0 Å². The molecule has 0 bridgehead atoms. The van der Waals surface area contributed by atoms with Crippen molar-refractivity contribution in [2.75, 3.05) is 39.3 Å². The number of nitrogens with one attached hydrogen (secondary N) is 2. The summed E-state index contributed by atoms with van der Waals surface area (Å²) < 4.78 is 0. The number of carbonyl (C=O) groups excluding carboxylic acids is 1. The molecule has 0 aromatic rings. The van der Waals surface area contributed by atoms with Crippen LogP contribution in [-0.4, -0.2) is 50.1 Å². The zero-order chi connectivity index (χ0) is 13.5. The summed E-state index contributed by atoms with van der Waals surface area (Å²) in [6.07, 6.45) is 6.73. The first-order chi connectivity index (χ1) is 9.24. The van der Waals surface area contributed by atoms with Crippen LogP contribution >= 0.6 is 24.8 Å². The van der Waals surface area contributed by atoms with E-state index in [4.69, 9.17) is 0 Å². The molecule has 1 saturated heterocycles. The van der Waals surface area contributed by atoms with Crippen LogP contribution in [0.5, 0.6) is 0 Å². The first kappa shape index (κ1) is 21.0. The van der Waals surface area contributed by atoms with Crippen LogP contribution in [0.15, 0.2) is 0 Å². The van der Waals surface area contributed by atoms with Gasteiger partial charge in [0.25, 0.3) is 0 Å². The summed E-state index contributed by atoms with van der Waals surface area (Å²) in [5.41, 5.74) is 0.